The highest BCUT2D eigenvalue weighted by Crippen LogP contribution is 2.10. The zero-order chi connectivity index (χ0) is 20.8. The summed E-state index contributed by atoms with van der Waals surface area (Å²) >= 11 is 7.15. The first-order chi connectivity index (χ1) is 14.0. The summed E-state index contributed by atoms with van der Waals surface area (Å²) in [5.74, 6) is -0.753. The molecule has 1 aromatic carbocycles. The third-order valence-corrected chi connectivity index (χ3v) is 5.56. The van der Waals surface area contributed by atoms with Gasteiger partial charge in [0.05, 0.1) is 30.4 Å². The maximum absolute atomic E-state index is 13.0. The van der Waals surface area contributed by atoms with E-state index in [4.69, 9.17) is 21.1 Å². The summed E-state index contributed by atoms with van der Waals surface area (Å²) in [5.41, 5.74) is 0.414. The van der Waals surface area contributed by atoms with E-state index in [1.165, 1.54) is 10.6 Å². The lowest BCUT2D eigenvalue weighted by Crippen LogP contribution is -2.45. The van der Waals surface area contributed by atoms with E-state index in [1.807, 2.05) is 6.07 Å². The number of thiazole rings is 1. The molecule has 154 valence electrons. The van der Waals surface area contributed by atoms with Crippen molar-refractivity contribution in [2.24, 2.45) is 0 Å². The van der Waals surface area contributed by atoms with Gasteiger partial charge in [-0.25, -0.2) is 4.79 Å². The summed E-state index contributed by atoms with van der Waals surface area (Å²) in [7, 11) is 0. The largest absolute Gasteiger partial charge is 0.463 e. The number of hydrogen-bond acceptors (Lipinski definition) is 6. The lowest BCUT2D eigenvalue weighted by atomic mass is 10.2. The lowest BCUT2D eigenvalue weighted by Gasteiger charge is -2.26. The molecule has 0 aliphatic carbocycles. The molecule has 0 N–H and O–H groups in total. The summed E-state index contributed by atoms with van der Waals surface area (Å²) in [6.07, 6.45) is 2.94. The minimum absolute atomic E-state index is 0.149. The summed E-state index contributed by atoms with van der Waals surface area (Å²) in [5, 5.41) is 0.552. The van der Waals surface area contributed by atoms with E-state index in [0.29, 0.717) is 40.5 Å². The average molecular weight is 437 g/mol. The first kappa shape index (κ1) is 21.3. The Morgan fingerprint density at radius 2 is 2.07 bits per heavy atom. The number of morpholine rings is 1. The summed E-state index contributed by atoms with van der Waals surface area (Å²) in [6.45, 7) is 3.68. The maximum atomic E-state index is 13.0. The molecule has 0 unspecified atom stereocenters. The third kappa shape index (κ3) is 5.56. The summed E-state index contributed by atoms with van der Waals surface area (Å²) < 4.78 is 12.3. The van der Waals surface area contributed by atoms with Gasteiger partial charge < -0.3 is 14.4 Å². The van der Waals surface area contributed by atoms with Gasteiger partial charge in [-0.2, -0.15) is 0 Å². The van der Waals surface area contributed by atoms with Crippen LogP contribution in [0.15, 0.2) is 29.1 Å². The van der Waals surface area contributed by atoms with E-state index in [9.17, 15) is 14.4 Å². The van der Waals surface area contributed by atoms with Crippen molar-refractivity contribution in [3.63, 3.8) is 0 Å². The number of ether oxygens (including phenoxy) is 2. The Morgan fingerprint density at radius 3 is 2.76 bits per heavy atom. The highest BCUT2D eigenvalue weighted by atomic mass is 35.5. The van der Waals surface area contributed by atoms with Crippen LogP contribution in [0.25, 0.3) is 12.2 Å². The second-order valence-corrected chi connectivity index (χ2v) is 7.78. The number of nitrogens with zero attached hydrogens (tertiary/aromatic N) is 2. The molecule has 2 aromatic rings. The molecule has 1 saturated heterocycles. The molecule has 1 fully saturated rings. The molecule has 0 radical (unpaired) electrons. The Bertz CT molecular complexity index is 1070. The Hall–Kier alpha value is -2.42. The van der Waals surface area contributed by atoms with Gasteiger partial charge in [-0.05, 0) is 30.7 Å². The van der Waals surface area contributed by atoms with Crippen molar-refractivity contribution in [1.29, 1.82) is 0 Å². The van der Waals surface area contributed by atoms with Crippen LogP contribution in [-0.2, 0) is 25.6 Å². The van der Waals surface area contributed by atoms with Crippen LogP contribution in [0.4, 0.5) is 0 Å². The molecule has 29 heavy (non-hydrogen) atoms. The zero-order valence-corrected chi connectivity index (χ0v) is 17.5. The molecule has 0 spiro atoms. The number of benzene rings is 1. The van der Waals surface area contributed by atoms with Gasteiger partial charge in [0.25, 0.3) is 5.56 Å². The van der Waals surface area contributed by atoms with Crippen LogP contribution in [-0.4, -0.2) is 54.3 Å². The number of carbonyl (C=O) groups is 2. The number of carbonyl (C=O) groups excluding carboxylic acids is 2. The van der Waals surface area contributed by atoms with Crippen molar-refractivity contribution in [3.05, 3.63) is 54.4 Å². The van der Waals surface area contributed by atoms with E-state index in [2.05, 4.69) is 0 Å². The SMILES string of the molecule is CCOC(=O)/C=c1\s/c(=C/c2cccc(Cl)c2)c(=O)n1CC(=O)N1CCOCC1. The van der Waals surface area contributed by atoms with E-state index in [1.54, 1.807) is 36.1 Å². The fourth-order valence-corrected chi connectivity index (χ4v) is 4.10. The molecular weight excluding hydrogens is 416 g/mol. The maximum Gasteiger partial charge on any atom is 0.333 e. The van der Waals surface area contributed by atoms with E-state index < -0.39 is 5.97 Å². The lowest BCUT2D eigenvalue weighted by molar-refractivity contribution is -0.136. The van der Waals surface area contributed by atoms with Crippen molar-refractivity contribution >= 4 is 47.0 Å². The Kier molecular flexibility index (Phi) is 7.24. The molecule has 1 amide bonds. The molecule has 3 rings (SSSR count). The summed E-state index contributed by atoms with van der Waals surface area (Å²) in [4.78, 5) is 39.2. The molecule has 0 saturated carbocycles. The molecule has 0 bridgehead atoms. The topological polar surface area (TPSA) is 77.8 Å². The van der Waals surface area contributed by atoms with Crippen molar-refractivity contribution < 1.29 is 19.1 Å². The normalized spacial score (nSPS) is 15.6. The second-order valence-electron chi connectivity index (χ2n) is 6.28. The standard InChI is InChI=1S/C20H21ClN2O5S/c1-2-28-19(25)12-18-23(13-17(24)22-6-8-27-9-7-22)20(26)16(29-18)11-14-4-3-5-15(21)10-14/h3-5,10-12H,2,6-9,13H2,1H3/b16-11+,18-12-. The predicted molar refractivity (Wildman–Crippen MR) is 111 cm³/mol. The highest BCUT2D eigenvalue weighted by Gasteiger charge is 2.19. The molecule has 7 nitrogen and oxygen atoms in total. The highest BCUT2D eigenvalue weighted by molar-refractivity contribution is 7.07. The van der Waals surface area contributed by atoms with Crippen molar-refractivity contribution in [3.8, 4) is 0 Å². The predicted octanol–water partition coefficient (Wildman–Crippen LogP) is 0.594. The van der Waals surface area contributed by atoms with Gasteiger partial charge in [-0.1, -0.05) is 23.7 Å². The molecule has 1 aromatic heterocycles. The van der Waals surface area contributed by atoms with E-state index in [-0.39, 0.29) is 24.6 Å². The second kappa shape index (κ2) is 9.87. The van der Waals surface area contributed by atoms with Gasteiger partial charge in [-0.3, -0.25) is 14.2 Å². The minimum Gasteiger partial charge on any atom is -0.463 e. The first-order valence-electron chi connectivity index (χ1n) is 9.19. The number of esters is 1. The van der Waals surface area contributed by atoms with Crippen molar-refractivity contribution in [2.45, 2.75) is 13.5 Å². The smallest absolute Gasteiger partial charge is 0.333 e. The molecule has 9 heteroatoms. The number of aromatic nitrogens is 1. The van der Waals surface area contributed by atoms with Gasteiger partial charge in [0.15, 0.2) is 0 Å². The van der Waals surface area contributed by atoms with Gasteiger partial charge in [-0.15, -0.1) is 11.3 Å². The third-order valence-electron chi connectivity index (χ3n) is 4.27. The van der Waals surface area contributed by atoms with Crippen molar-refractivity contribution in [2.75, 3.05) is 32.9 Å². The van der Waals surface area contributed by atoms with E-state index in [0.717, 1.165) is 16.9 Å². The van der Waals surface area contributed by atoms with Gasteiger partial charge in [0.2, 0.25) is 5.91 Å². The molecule has 1 aliphatic rings. The number of amides is 1. The van der Waals surface area contributed by atoms with Crippen LogP contribution in [0, 0.1) is 0 Å². The van der Waals surface area contributed by atoms with E-state index >= 15 is 0 Å². The molecule has 1 aliphatic heterocycles. The van der Waals surface area contributed by atoms with Gasteiger partial charge >= 0.3 is 5.97 Å². The van der Waals surface area contributed by atoms with Crippen LogP contribution >= 0.6 is 22.9 Å². The van der Waals surface area contributed by atoms with Gasteiger partial charge in [0.1, 0.15) is 11.2 Å². The number of rotatable bonds is 5. The van der Waals surface area contributed by atoms with Crippen molar-refractivity contribution in [1.82, 2.24) is 9.47 Å². The average Bonchev–Trinajstić information content (AvgIpc) is 2.97. The minimum atomic E-state index is -0.560. The van der Waals surface area contributed by atoms with Crippen LogP contribution in [0.1, 0.15) is 12.5 Å². The fourth-order valence-electron chi connectivity index (χ4n) is 2.87. The number of halogens is 1. The first-order valence-corrected chi connectivity index (χ1v) is 10.4. The number of hydrogen-bond donors (Lipinski definition) is 0. The van der Waals surface area contributed by atoms with Crippen LogP contribution in [0.2, 0.25) is 5.02 Å². The Labute approximate surface area is 176 Å². The zero-order valence-electron chi connectivity index (χ0n) is 15.9. The Balaban J connectivity index is 2.02. The molecule has 0 atom stereocenters. The van der Waals surface area contributed by atoms with Crippen LogP contribution in [0.5, 0.6) is 0 Å². The monoisotopic (exact) mass is 436 g/mol. The van der Waals surface area contributed by atoms with Gasteiger partial charge in [0, 0.05) is 18.1 Å². The Morgan fingerprint density at radius 1 is 1.31 bits per heavy atom. The van der Waals surface area contributed by atoms with Crippen LogP contribution < -0.4 is 14.8 Å². The fraction of sp³-hybridized carbons (Fsp3) is 0.350. The van der Waals surface area contributed by atoms with Crippen LogP contribution in [0.3, 0.4) is 0 Å². The molecular formula is C20H21ClN2O5S. The quantitative estimate of drug-likeness (QED) is 0.641. The summed E-state index contributed by atoms with van der Waals surface area (Å²) in [6, 6.07) is 7.09. The molecule has 2 heterocycles.